The lowest BCUT2D eigenvalue weighted by molar-refractivity contribution is -0.122. The number of carbonyl (C=O) groups excluding carboxylic acids is 1. The van der Waals surface area contributed by atoms with Crippen LogP contribution in [0.5, 0.6) is 0 Å². The molecule has 1 aromatic rings. The third-order valence-corrected chi connectivity index (χ3v) is 2.16. The fraction of sp³-hybridized carbons (Fsp3) is 0.300. The SMILES string of the molecule is Cc1ccc([C@@](C)(N)C(N)=O)cc1. The Balaban J connectivity index is 3.08. The normalized spacial score (nSPS) is 15.0. The summed E-state index contributed by atoms with van der Waals surface area (Å²) in [6.45, 7) is 3.59. The van der Waals surface area contributed by atoms with Crippen molar-refractivity contribution in [2.75, 3.05) is 0 Å². The number of carbonyl (C=O) groups is 1. The molecule has 0 heterocycles. The summed E-state index contributed by atoms with van der Waals surface area (Å²) in [7, 11) is 0. The second-order valence-corrected chi connectivity index (χ2v) is 3.43. The maximum Gasteiger partial charge on any atom is 0.241 e. The average Bonchev–Trinajstić information content (AvgIpc) is 2.04. The quantitative estimate of drug-likeness (QED) is 0.698. The molecular formula is C10H14N2O. The highest BCUT2D eigenvalue weighted by Crippen LogP contribution is 2.17. The molecule has 13 heavy (non-hydrogen) atoms. The largest absolute Gasteiger partial charge is 0.368 e. The van der Waals surface area contributed by atoms with Crippen LogP contribution in [0.4, 0.5) is 0 Å². The van der Waals surface area contributed by atoms with Crippen molar-refractivity contribution in [3.8, 4) is 0 Å². The zero-order chi connectivity index (χ0) is 10.1. The third-order valence-electron chi connectivity index (χ3n) is 2.16. The van der Waals surface area contributed by atoms with Gasteiger partial charge in [-0.2, -0.15) is 0 Å². The number of benzene rings is 1. The number of rotatable bonds is 2. The van der Waals surface area contributed by atoms with E-state index in [0.717, 1.165) is 11.1 Å². The van der Waals surface area contributed by atoms with E-state index in [0.29, 0.717) is 0 Å². The van der Waals surface area contributed by atoms with Crippen LogP contribution in [0, 0.1) is 6.92 Å². The average molecular weight is 178 g/mol. The van der Waals surface area contributed by atoms with Gasteiger partial charge in [-0.25, -0.2) is 0 Å². The molecule has 0 aliphatic carbocycles. The van der Waals surface area contributed by atoms with Gasteiger partial charge in [-0.05, 0) is 19.4 Å². The molecule has 0 aromatic heterocycles. The van der Waals surface area contributed by atoms with Crippen molar-refractivity contribution in [2.45, 2.75) is 19.4 Å². The van der Waals surface area contributed by atoms with Crippen LogP contribution >= 0.6 is 0 Å². The highest BCUT2D eigenvalue weighted by molar-refractivity contribution is 5.85. The minimum atomic E-state index is -1.08. The molecule has 3 heteroatoms. The third kappa shape index (κ3) is 1.87. The lowest BCUT2D eigenvalue weighted by atomic mass is 9.92. The summed E-state index contributed by atoms with van der Waals surface area (Å²) < 4.78 is 0. The Morgan fingerprint density at radius 3 is 2.15 bits per heavy atom. The predicted octanol–water partition coefficient (Wildman–Crippen LogP) is 0.654. The molecule has 0 aliphatic rings. The zero-order valence-corrected chi connectivity index (χ0v) is 7.87. The second kappa shape index (κ2) is 3.18. The molecule has 0 saturated heterocycles. The van der Waals surface area contributed by atoms with Crippen LogP contribution in [0.1, 0.15) is 18.1 Å². The molecule has 0 saturated carbocycles. The van der Waals surface area contributed by atoms with Crippen LogP contribution in [0.2, 0.25) is 0 Å². The van der Waals surface area contributed by atoms with E-state index in [1.807, 2.05) is 31.2 Å². The van der Waals surface area contributed by atoms with Crippen molar-refractivity contribution in [1.29, 1.82) is 0 Å². The first-order valence-corrected chi connectivity index (χ1v) is 4.10. The van der Waals surface area contributed by atoms with Crippen LogP contribution in [-0.4, -0.2) is 5.91 Å². The smallest absolute Gasteiger partial charge is 0.241 e. The second-order valence-electron chi connectivity index (χ2n) is 3.43. The standard InChI is InChI=1S/C10H14N2O/c1-7-3-5-8(6-4-7)10(2,12)9(11)13/h3-6H,12H2,1-2H3,(H2,11,13)/t10-/m1/s1. The minimum Gasteiger partial charge on any atom is -0.368 e. The summed E-state index contributed by atoms with van der Waals surface area (Å²) >= 11 is 0. The van der Waals surface area contributed by atoms with Gasteiger partial charge in [-0.1, -0.05) is 29.8 Å². The fourth-order valence-corrected chi connectivity index (χ4v) is 1.04. The van der Waals surface area contributed by atoms with E-state index in [2.05, 4.69) is 0 Å². The molecule has 0 fully saturated rings. The van der Waals surface area contributed by atoms with E-state index >= 15 is 0 Å². The van der Waals surface area contributed by atoms with Crippen LogP contribution in [-0.2, 0) is 10.3 Å². The fourth-order valence-electron chi connectivity index (χ4n) is 1.04. The first-order chi connectivity index (χ1) is 5.94. The molecule has 1 atom stereocenters. The highest BCUT2D eigenvalue weighted by Gasteiger charge is 2.27. The first-order valence-electron chi connectivity index (χ1n) is 4.10. The molecule has 0 unspecified atom stereocenters. The van der Waals surface area contributed by atoms with Gasteiger partial charge in [0.05, 0.1) is 0 Å². The van der Waals surface area contributed by atoms with Crippen molar-refractivity contribution in [2.24, 2.45) is 11.5 Å². The van der Waals surface area contributed by atoms with Crippen molar-refractivity contribution < 1.29 is 4.79 Å². The summed E-state index contributed by atoms with van der Waals surface area (Å²) in [5, 5.41) is 0. The van der Waals surface area contributed by atoms with Gasteiger partial charge >= 0.3 is 0 Å². The highest BCUT2D eigenvalue weighted by atomic mass is 16.1. The number of nitrogens with two attached hydrogens (primary N) is 2. The molecule has 0 radical (unpaired) electrons. The Hall–Kier alpha value is -1.35. The molecule has 0 aliphatic heterocycles. The topological polar surface area (TPSA) is 69.1 Å². The summed E-state index contributed by atoms with van der Waals surface area (Å²) in [4.78, 5) is 11.0. The molecule has 3 nitrogen and oxygen atoms in total. The molecule has 4 N–H and O–H groups in total. The Labute approximate surface area is 77.7 Å². The van der Waals surface area contributed by atoms with Gasteiger partial charge in [-0.3, -0.25) is 4.79 Å². The monoisotopic (exact) mass is 178 g/mol. The number of hydrogen-bond acceptors (Lipinski definition) is 2. The van der Waals surface area contributed by atoms with E-state index in [1.165, 1.54) is 0 Å². The number of amides is 1. The summed E-state index contributed by atoms with van der Waals surface area (Å²) in [5.41, 5.74) is 11.7. The first kappa shape index (κ1) is 9.74. The molecule has 0 bridgehead atoms. The lowest BCUT2D eigenvalue weighted by Gasteiger charge is -2.20. The lowest BCUT2D eigenvalue weighted by Crippen LogP contribution is -2.46. The van der Waals surface area contributed by atoms with Gasteiger partial charge in [0.15, 0.2) is 0 Å². The summed E-state index contributed by atoms with van der Waals surface area (Å²) in [6, 6.07) is 7.45. The van der Waals surface area contributed by atoms with Gasteiger partial charge in [0.1, 0.15) is 5.54 Å². The Morgan fingerprint density at radius 1 is 1.31 bits per heavy atom. The van der Waals surface area contributed by atoms with Crippen molar-refractivity contribution in [3.63, 3.8) is 0 Å². The van der Waals surface area contributed by atoms with E-state index < -0.39 is 11.4 Å². The van der Waals surface area contributed by atoms with Crippen LogP contribution in [0.15, 0.2) is 24.3 Å². The van der Waals surface area contributed by atoms with Crippen molar-refractivity contribution in [1.82, 2.24) is 0 Å². The van der Waals surface area contributed by atoms with Crippen molar-refractivity contribution >= 4 is 5.91 Å². The minimum absolute atomic E-state index is 0.517. The summed E-state index contributed by atoms with van der Waals surface area (Å²) in [6.07, 6.45) is 0. The molecular weight excluding hydrogens is 164 g/mol. The maximum atomic E-state index is 11.0. The Kier molecular flexibility index (Phi) is 2.38. The van der Waals surface area contributed by atoms with E-state index in [1.54, 1.807) is 6.92 Å². The summed E-state index contributed by atoms with van der Waals surface area (Å²) in [5.74, 6) is -0.517. The molecule has 0 spiro atoms. The number of hydrogen-bond donors (Lipinski definition) is 2. The molecule has 1 aromatic carbocycles. The van der Waals surface area contributed by atoms with Crippen LogP contribution in [0.25, 0.3) is 0 Å². The Morgan fingerprint density at radius 2 is 1.77 bits per heavy atom. The van der Waals surface area contributed by atoms with E-state index in [-0.39, 0.29) is 0 Å². The van der Waals surface area contributed by atoms with E-state index in [4.69, 9.17) is 11.5 Å². The van der Waals surface area contributed by atoms with Crippen molar-refractivity contribution in [3.05, 3.63) is 35.4 Å². The molecule has 70 valence electrons. The van der Waals surface area contributed by atoms with Gasteiger partial charge < -0.3 is 11.5 Å². The predicted molar refractivity (Wildman–Crippen MR) is 51.9 cm³/mol. The zero-order valence-electron chi connectivity index (χ0n) is 7.87. The van der Waals surface area contributed by atoms with Gasteiger partial charge in [0, 0.05) is 0 Å². The Bertz CT molecular complexity index is 314. The van der Waals surface area contributed by atoms with Gasteiger partial charge in [0.2, 0.25) is 5.91 Å². The molecule has 1 amide bonds. The van der Waals surface area contributed by atoms with Gasteiger partial charge in [0.25, 0.3) is 0 Å². The van der Waals surface area contributed by atoms with Crippen LogP contribution in [0.3, 0.4) is 0 Å². The number of aryl methyl sites for hydroxylation is 1. The maximum absolute atomic E-state index is 11.0. The van der Waals surface area contributed by atoms with Crippen LogP contribution < -0.4 is 11.5 Å². The van der Waals surface area contributed by atoms with E-state index in [9.17, 15) is 4.79 Å². The molecule has 1 rings (SSSR count). The van der Waals surface area contributed by atoms with Gasteiger partial charge in [-0.15, -0.1) is 0 Å². The number of primary amides is 1.